The SMILES string of the molecule is Cn1c(N2CCOCC2CF)nc(-c2ccncn2)cc1=O. The molecular weight excluding hydrogens is 289 g/mol. The molecule has 0 N–H and O–H groups in total. The third-order valence-electron chi connectivity index (χ3n) is 3.62. The number of ether oxygens (including phenoxy) is 1. The van der Waals surface area contributed by atoms with Crippen molar-refractivity contribution in [2.45, 2.75) is 6.04 Å². The Kier molecular flexibility index (Phi) is 4.10. The molecule has 1 aliphatic rings. The van der Waals surface area contributed by atoms with Crippen LogP contribution in [0, 0.1) is 0 Å². The summed E-state index contributed by atoms with van der Waals surface area (Å²) >= 11 is 0. The monoisotopic (exact) mass is 305 g/mol. The summed E-state index contributed by atoms with van der Waals surface area (Å²) in [5, 5.41) is 0. The topological polar surface area (TPSA) is 73.1 Å². The molecule has 7 nitrogen and oxygen atoms in total. The lowest BCUT2D eigenvalue weighted by atomic mass is 10.2. The molecule has 1 aliphatic heterocycles. The number of halogens is 1. The quantitative estimate of drug-likeness (QED) is 0.818. The maximum absolute atomic E-state index is 13.2. The molecule has 2 aromatic heterocycles. The molecular formula is C14H16FN5O2. The van der Waals surface area contributed by atoms with Gasteiger partial charge in [0.05, 0.1) is 30.6 Å². The fourth-order valence-electron chi connectivity index (χ4n) is 2.40. The van der Waals surface area contributed by atoms with Crippen molar-refractivity contribution in [3.63, 3.8) is 0 Å². The maximum Gasteiger partial charge on any atom is 0.255 e. The molecule has 1 fully saturated rings. The van der Waals surface area contributed by atoms with Crippen LogP contribution in [0.4, 0.5) is 10.3 Å². The van der Waals surface area contributed by atoms with Gasteiger partial charge < -0.3 is 9.64 Å². The van der Waals surface area contributed by atoms with Crippen molar-refractivity contribution in [1.82, 2.24) is 19.5 Å². The van der Waals surface area contributed by atoms with Crippen molar-refractivity contribution >= 4 is 5.95 Å². The van der Waals surface area contributed by atoms with E-state index in [1.807, 2.05) is 0 Å². The van der Waals surface area contributed by atoms with Gasteiger partial charge in [0.25, 0.3) is 5.56 Å². The van der Waals surface area contributed by atoms with Crippen LogP contribution in [-0.4, -0.2) is 52.0 Å². The summed E-state index contributed by atoms with van der Waals surface area (Å²) in [6, 6.07) is 2.65. The van der Waals surface area contributed by atoms with Gasteiger partial charge in [0.2, 0.25) is 5.95 Å². The van der Waals surface area contributed by atoms with Gasteiger partial charge in [0.15, 0.2) is 0 Å². The molecule has 3 rings (SSSR count). The van der Waals surface area contributed by atoms with E-state index >= 15 is 0 Å². The molecule has 0 spiro atoms. The normalized spacial score (nSPS) is 18.5. The molecule has 0 amide bonds. The van der Waals surface area contributed by atoms with Gasteiger partial charge in [-0.25, -0.2) is 19.3 Å². The van der Waals surface area contributed by atoms with E-state index < -0.39 is 12.7 Å². The van der Waals surface area contributed by atoms with Crippen LogP contribution < -0.4 is 10.5 Å². The molecule has 0 aromatic carbocycles. The van der Waals surface area contributed by atoms with Gasteiger partial charge in [0, 0.05) is 25.9 Å². The minimum absolute atomic E-state index is 0.220. The van der Waals surface area contributed by atoms with E-state index in [2.05, 4.69) is 15.0 Å². The molecule has 3 heterocycles. The summed E-state index contributed by atoms with van der Waals surface area (Å²) in [5.74, 6) is 0.423. The zero-order valence-electron chi connectivity index (χ0n) is 12.1. The summed E-state index contributed by atoms with van der Waals surface area (Å²) in [4.78, 5) is 26.4. The third kappa shape index (κ3) is 2.69. The Hall–Kier alpha value is -2.35. The van der Waals surface area contributed by atoms with Crippen LogP contribution in [0.2, 0.25) is 0 Å². The number of aromatic nitrogens is 4. The Morgan fingerprint density at radius 2 is 2.32 bits per heavy atom. The van der Waals surface area contributed by atoms with E-state index in [1.54, 1.807) is 24.2 Å². The number of nitrogens with zero attached hydrogens (tertiary/aromatic N) is 5. The van der Waals surface area contributed by atoms with E-state index in [0.29, 0.717) is 30.5 Å². The molecule has 0 aliphatic carbocycles. The van der Waals surface area contributed by atoms with Gasteiger partial charge in [-0.2, -0.15) is 0 Å². The molecule has 0 radical (unpaired) electrons. The zero-order valence-corrected chi connectivity index (χ0v) is 12.1. The van der Waals surface area contributed by atoms with Gasteiger partial charge in [0.1, 0.15) is 13.0 Å². The fraction of sp³-hybridized carbons (Fsp3) is 0.429. The first-order valence-electron chi connectivity index (χ1n) is 6.95. The number of hydrogen-bond acceptors (Lipinski definition) is 6. The smallest absolute Gasteiger partial charge is 0.255 e. The van der Waals surface area contributed by atoms with Gasteiger partial charge in [-0.3, -0.25) is 9.36 Å². The molecule has 1 unspecified atom stereocenters. The highest BCUT2D eigenvalue weighted by Crippen LogP contribution is 2.19. The molecule has 1 saturated heterocycles. The number of alkyl halides is 1. The minimum atomic E-state index is -0.562. The lowest BCUT2D eigenvalue weighted by Crippen LogP contribution is -2.49. The zero-order chi connectivity index (χ0) is 15.5. The number of rotatable bonds is 3. The highest BCUT2D eigenvalue weighted by molar-refractivity contribution is 5.55. The Morgan fingerprint density at radius 1 is 1.45 bits per heavy atom. The molecule has 2 aromatic rings. The van der Waals surface area contributed by atoms with Gasteiger partial charge in [-0.15, -0.1) is 0 Å². The second-order valence-corrected chi connectivity index (χ2v) is 5.01. The molecule has 1 atom stereocenters. The van der Waals surface area contributed by atoms with Crippen LogP contribution >= 0.6 is 0 Å². The van der Waals surface area contributed by atoms with Crippen LogP contribution in [0.5, 0.6) is 0 Å². The number of anilines is 1. The van der Waals surface area contributed by atoms with Gasteiger partial charge in [-0.1, -0.05) is 0 Å². The number of hydrogen-bond donors (Lipinski definition) is 0. The van der Waals surface area contributed by atoms with Crippen molar-refractivity contribution in [2.24, 2.45) is 7.05 Å². The van der Waals surface area contributed by atoms with Crippen molar-refractivity contribution in [3.8, 4) is 11.4 Å². The van der Waals surface area contributed by atoms with Crippen LogP contribution in [-0.2, 0) is 11.8 Å². The molecule has 116 valence electrons. The van der Waals surface area contributed by atoms with Gasteiger partial charge in [-0.05, 0) is 6.07 Å². The van der Waals surface area contributed by atoms with Crippen LogP contribution in [0.1, 0.15) is 0 Å². The summed E-state index contributed by atoms with van der Waals surface area (Å²) in [5.41, 5.74) is 0.784. The van der Waals surface area contributed by atoms with Crippen LogP contribution in [0.3, 0.4) is 0 Å². The second-order valence-electron chi connectivity index (χ2n) is 5.01. The van der Waals surface area contributed by atoms with E-state index in [0.717, 1.165) is 0 Å². The van der Waals surface area contributed by atoms with Gasteiger partial charge >= 0.3 is 0 Å². The average Bonchev–Trinajstić information content (AvgIpc) is 2.58. The van der Waals surface area contributed by atoms with Crippen molar-refractivity contribution < 1.29 is 9.13 Å². The fourth-order valence-corrected chi connectivity index (χ4v) is 2.40. The first-order valence-corrected chi connectivity index (χ1v) is 6.95. The largest absolute Gasteiger partial charge is 0.377 e. The van der Waals surface area contributed by atoms with Crippen LogP contribution in [0.25, 0.3) is 11.4 Å². The molecule has 0 saturated carbocycles. The summed E-state index contributed by atoms with van der Waals surface area (Å²) in [6.45, 7) is 0.684. The second kappa shape index (κ2) is 6.18. The predicted octanol–water partition coefficient (Wildman–Crippen LogP) is 0.412. The lowest BCUT2D eigenvalue weighted by Gasteiger charge is -2.35. The van der Waals surface area contributed by atoms with Crippen molar-refractivity contribution in [3.05, 3.63) is 35.0 Å². The standard InChI is InChI=1S/C14H16FN5O2/c1-19-13(21)6-12(11-2-3-16-9-17-11)18-14(19)20-4-5-22-8-10(20)7-15/h2-3,6,9-10H,4-5,7-8H2,1H3. The first kappa shape index (κ1) is 14.6. The number of morpholine rings is 1. The Bertz CT molecular complexity index is 706. The van der Waals surface area contributed by atoms with Crippen molar-refractivity contribution in [1.29, 1.82) is 0 Å². The summed E-state index contributed by atoms with van der Waals surface area (Å²) < 4.78 is 19.9. The lowest BCUT2D eigenvalue weighted by molar-refractivity contribution is 0.0846. The Balaban J connectivity index is 2.07. The van der Waals surface area contributed by atoms with Crippen molar-refractivity contribution in [2.75, 3.05) is 31.3 Å². The predicted molar refractivity (Wildman–Crippen MR) is 78.4 cm³/mol. The van der Waals surface area contributed by atoms with Crippen LogP contribution in [0.15, 0.2) is 29.5 Å². The average molecular weight is 305 g/mol. The molecule has 8 heteroatoms. The minimum Gasteiger partial charge on any atom is -0.377 e. The highest BCUT2D eigenvalue weighted by atomic mass is 19.1. The Labute approximate surface area is 126 Å². The maximum atomic E-state index is 13.2. The summed E-state index contributed by atoms with van der Waals surface area (Å²) in [7, 11) is 1.62. The molecule has 22 heavy (non-hydrogen) atoms. The molecule has 0 bridgehead atoms. The van der Waals surface area contributed by atoms with E-state index in [-0.39, 0.29) is 12.2 Å². The summed E-state index contributed by atoms with van der Waals surface area (Å²) in [6.07, 6.45) is 2.98. The van der Waals surface area contributed by atoms with E-state index in [1.165, 1.54) is 17.0 Å². The third-order valence-corrected chi connectivity index (χ3v) is 3.62. The first-order chi connectivity index (χ1) is 10.7. The Morgan fingerprint density at radius 3 is 3.05 bits per heavy atom. The van der Waals surface area contributed by atoms with E-state index in [9.17, 15) is 9.18 Å². The van der Waals surface area contributed by atoms with E-state index in [4.69, 9.17) is 4.74 Å². The highest BCUT2D eigenvalue weighted by Gasteiger charge is 2.26.